The van der Waals surface area contributed by atoms with Crippen molar-refractivity contribution in [3.05, 3.63) is 29.6 Å². The van der Waals surface area contributed by atoms with Crippen LogP contribution in [0.5, 0.6) is 5.75 Å². The Bertz CT molecular complexity index is 458. The van der Waals surface area contributed by atoms with Crippen LogP contribution >= 0.6 is 0 Å². The van der Waals surface area contributed by atoms with E-state index in [0.717, 1.165) is 18.4 Å². The van der Waals surface area contributed by atoms with Gasteiger partial charge in [-0.05, 0) is 44.6 Å². The summed E-state index contributed by atoms with van der Waals surface area (Å²) in [5.74, 6) is 5.71. The van der Waals surface area contributed by atoms with Crippen molar-refractivity contribution in [1.29, 1.82) is 0 Å². The fourth-order valence-electron chi connectivity index (χ4n) is 3.41. The van der Waals surface area contributed by atoms with Crippen LogP contribution in [-0.4, -0.2) is 31.6 Å². The number of hydrogen-bond acceptors (Lipinski definition) is 4. The first-order valence-electron chi connectivity index (χ1n) is 7.02. The van der Waals surface area contributed by atoms with Crippen LogP contribution in [0.1, 0.15) is 37.3 Å². The zero-order valence-corrected chi connectivity index (χ0v) is 12.4. The van der Waals surface area contributed by atoms with Crippen molar-refractivity contribution in [2.45, 2.75) is 37.3 Å². The predicted octanol–water partition coefficient (Wildman–Crippen LogP) is 2.21. The molecule has 0 spiro atoms. The van der Waals surface area contributed by atoms with E-state index in [9.17, 15) is 4.39 Å². The maximum absolute atomic E-state index is 14.0. The Labute approximate surface area is 120 Å². The maximum atomic E-state index is 14.0. The third-order valence-corrected chi connectivity index (χ3v) is 4.57. The Balaban J connectivity index is 2.38. The third-order valence-electron chi connectivity index (χ3n) is 4.57. The molecule has 20 heavy (non-hydrogen) atoms. The molecular weight excluding hydrogens is 257 g/mol. The lowest BCUT2D eigenvalue weighted by molar-refractivity contribution is 0.104. The number of hydrogen-bond donors (Lipinski definition) is 2. The second-order valence-electron chi connectivity index (χ2n) is 5.70. The maximum Gasteiger partial charge on any atom is 0.165 e. The minimum absolute atomic E-state index is 0.0597. The Kier molecular flexibility index (Phi) is 4.62. The van der Waals surface area contributed by atoms with Gasteiger partial charge in [-0.2, -0.15) is 0 Å². The number of methoxy groups -OCH3 is 1. The van der Waals surface area contributed by atoms with Crippen LogP contribution in [0.15, 0.2) is 18.2 Å². The molecular formula is C15H24FN3O. The van der Waals surface area contributed by atoms with Crippen LogP contribution in [0.25, 0.3) is 0 Å². The molecule has 2 rings (SSSR count). The number of likely N-dealkylation sites (N-methyl/N-ethyl adjacent to an activating group) is 1. The second-order valence-corrected chi connectivity index (χ2v) is 5.70. The molecule has 0 saturated heterocycles. The zero-order chi connectivity index (χ0) is 14.8. The number of halogens is 1. The van der Waals surface area contributed by atoms with Gasteiger partial charge in [0.2, 0.25) is 0 Å². The molecule has 0 radical (unpaired) electrons. The van der Waals surface area contributed by atoms with E-state index in [1.165, 1.54) is 26.0 Å². The number of hydrazine groups is 1. The van der Waals surface area contributed by atoms with E-state index < -0.39 is 0 Å². The van der Waals surface area contributed by atoms with Crippen LogP contribution in [0, 0.1) is 5.82 Å². The largest absolute Gasteiger partial charge is 0.494 e. The Morgan fingerprint density at radius 2 is 2.00 bits per heavy atom. The molecule has 1 aromatic rings. The first-order chi connectivity index (χ1) is 9.55. The predicted molar refractivity (Wildman–Crippen MR) is 77.9 cm³/mol. The molecule has 1 fully saturated rings. The molecule has 0 heterocycles. The van der Waals surface area contributed by atoms with Crippen molar-refractivity contribution in [1.82, 2.24) is 10.3 Å². The van der Waals surface area contributed by atoms with Gasteiger partial charge in [0.15, 0.2) is 11.6 Å². The first kappa shape index (κ1) is 15.2. The van der Waals surface area contributed by atoms with Gasteiger partial charge < -0.3 is 9.64 Å². The number of ether oxygens (including phenoxy) is 1. The summed E-state index contributed by atoms with van der Waals surface area (Å²) >= 11 is 0. The van der Waals surface area contributed by atoms with Gasteiger partial charge in [0, 0.05) is 5.54 Å². The molecule has 0 bridgehead atoms. The standard InChI is InChI=1S/C15H24FN3O/c1-19(2)15(8-4-5-9-15)14(18-17)11-6-7-13(20-3)12(16)10-11/h6-7,10,14,18H,4-5,8-9,17H2,1-3H3. The van der Waals surface area contributed by atoms with E-state index >= 15 is 0 Å². The SMILES string of the molecule is COc1ccc(C(NN)C2(N(C)C)CCCC2)cc1F. The lowest BCUT2D eigenvalue weighted by Crippen LogP contribution is -2.53. The molecule has 1 unspecified atom stereocenters. The first-order valence-corrected chi connectivity index (χ1v) is 7.02. The number of benzene rings is 1. The van der Waals surface area contributed by atoms with E-state index in [2.05, 4.69) is 24.4 Å². The minimum atomic E-state index is -0.350. The van der Waals surface area contributed by atoms with Crippen molar-refractivity contribution in [2.24, 2.45) is 5.84 Å². The Morgan fingerprint density at radius 3 is 2.45 bits per heavy atom. The molecule has 0 aromatic heterocycles. The number of nitrogens with one attached hydrogen (secondary N) is 1. The lowest BCUT2D eigenvalue weighted by atomic mass is 9.83. The fraction of sp³-hybridized carbons (Fsp3) is 0.600. The van der Waals surface area contributed by atoms with Crippen LogP contribution in [-0.2, 0) is 0 Å². The van der Waals surface area contributed by atoms with Crippen LogP contribution < -0.4 is 16.0 Å². The second kappa shape index (κ2) is 6.08. The summed E-state index contributed by atoms with van der Waals surface area (Å²) in [6.45, 7) is 0. The minimum Gasteiger partial charge on any atom is -0.494 e. The topological polar surface area (TPSA) is 50.5 Å². The highest BCUT2D eigenvalue weighted by Crippen LogP contribution is 2.43. The third kappa shape index (κ3) is 2.53. The molecule has 1 saturated carbocycles. The van der Waals surface area contributed by atoms with Gasteiger partial charge in [0.25, 0.3) is 0 Å². The van der Waals surface area contributed by atoms with Gasteiger partial charge >= 0.3 is 0 Å². The summed E-state index contributed by atoms with van der Waals surface area (Å²) in [6, 6.07) is 4.97. The van der Waals surface area contributed by atoms with E-state index in [0.29, 0.717) is 0 Å². The Hall–Kier alpha value is -1.17. The molecule has 3 N–H and O–H groups in total. The Morgan fingerprint density at radius 1 is 1.35 bits per heavy atom. The van der Waals surface area contributed by atoms with Gasteiger partial charge in [-0.1, -0.05) is 18.9 Å². The van der Waals surface area contributed by atoms with Gasteiger partial charge in [0.1, 0.15) is 0 Å². The highest BCUT2D eigenvalue weighted by molar-refractivity contribution is 5.33. The van der Waals surface area contributed by atoms with Crippen molar-refractivity contribution < 1.29 is 9.13 Å². The van der Waals surface area contributed by atoms with E-state index in [4.69, 9.17) is 10.6 Å². The monoisotopic (exact) mass is 281 g/mol. The van der Waals surface area contributed by atoms with E-state index in [-0.39, 0.29) is 23.1 Å². The normalized spacial score (nSPS) is 19.3. The highest BCUT2D eigenvalue weighted by Gasteiger charge is 2.43. The molecule has 112 valence electrons. The van der Waals surface area contributed by atoms with Gasteiger partial charge in [-0.15, -0.1) is 0 Å². The van der Waals surface area contributed by atoms with Gasteiger partial charge in [0.05, 0.1) is 13.2 Å². The van der Waals surface area contributed by atoms with Crippen LogP contribution in [0.3, 0.4) is 0 Å². The van der Waals surface area contributed by atoms with Crippen LogP contribution in [0.4, 0.5) is 4.39 Å². The quantitative estimate of drug-likeness (QED) is 0.642. The molecule has 1 aliphatic rings. The smallest absolute Gasteiger partial charge is 0.165 e. The highest BCUT2D eigenvalue weighted by atomic mass is 19.1. The molecule has 5 heteroatoms. The molecule has 0 amide bonds. The summed E-state index contributed by atoms with van der Waals surface area (Å²) in [6.07, 6.45) is 4.47. The number of rotatable bonds is 5. The van der Waals surface area contributed by atoms with Gasteiger partial charge in [-0.3, -0.25) is 11.3 Å². The summed E-state index contributed by atoms with van der Waals surface area (Å²) in [5, 5.41) is 0. The average molecular weight is 281 g/mol. The summed E-state index contributed by atoms with van der Waals surface area (Å²) in [5.41, 5.74) is 3.70. The van der Waals surface area contributed by atoms with E-state index in [1.54, 1.807) is 6.07 Å². The molecule has 1 aromatic carbocycles. The summed E-state index contributed by atoms with van der Waals surface area (Å²) in [7, 11) is 5.60. The van der Waals surface area contributed by atoms with Crippen molar-refractivity contribution in [2.75, 3.05) is 21.2 Å². The van der Waals surface area contributed by atoms with E-state index in [1.807, 2.05) is 6.07 Å². The lowest BCUT2D eigenvalue weighted by Gasteiger charge is -2.43. The van der Waals surface area contributed by atoms with Crippen molar-refractivity contribution in [3.8, 4) is 5.75 Å². The number of nitrogens with zero attached hydrogens (tertiary/aromatic N) is 1. The van der Waals surface area contributed by atoms with Crippen LogP contribution in [0.2, 0.25) is 0 Å². The molecule has 4 nitrogen and oxygen atoms in total. The zero-order valence-electron chi connectivity index (χ0n) is 12.4. The fourth-order valence-corrected chi connectivity index (χ4v) is 3.41. The summed E-state index contributed by atoms with van der Waals surface area (Å²) < 4.78 is 18.9. The summed E-state index contributed by atoms with van der Waals surface area (Å²) in [4.78, 5) is 2.21. The molecule has 0 aliphatic heterocycles. The van der Waals surface area contributed by atoms with Crippen molar-refractivity contribution in [3.63, 3.8) is 0 Å². The van der Waals surface area contributed by atoms with Crippen molar-refractivity contribution >= 4 is 0 Å². The molecule has 1 aliphatic carbocycles. The average Bonchev–Trinajstić information content (AvgIpc) is 2.90. The number of nitrogens with two attached hydrogens (primary N) is 1. The van der Waals surface area contributed by atoms with Gasteiger partial charge in [-0.25, -0.2) is 4.39 Å². The molecule has 1 atom stereocenters.